The number of hydrogen-bond donors (Lipinski definition) is 1. The fourth-order valence-corrected chi connectivity index (χ4v) is 6.72. The molecule has 166 valence electrons. The molecule has 2 aromatic rings. The van der Waals surface area contributed by atoms with Crippen molar-refractivity contribution in [1.82, 2.24) is 9.21 Å². The SMILES string of the molecule is O=C(Cc1ccc(S(=O)(=O)N2CCCC2)s1)Nc1cccc(C(=O)N2CCOCC2)c1. The highest BCUT2D eigenvalue weighted by Crippen LogP contribution is 2.27. The lowest BCUT2D eigenvalue weighted by molar-refractivity contribution is -0.115. The van der Waals surface area contributed by atoms with E-state index in [-0.39, 0.29) is 22.4 Å². The summed E-state index contributed by atoms with van der Waals surface area (Å²) in [5.74, 6) is -0.350. The molecular weight excluding hydrogens is 438 g/mol. The molecule has 2 aliphatic rings. The number of carbonyl (C=O) groups is 2. The predicted octanol–water partition coefficient (Wildman–Crippen LogP) is 2.19. The van der Waals surface area contributed by atoms with Gasteiger partial charge < -0.3 is 15.0 Å². The quantitative estimate of drug-likeness (QED) is 0.709. The fraction of sp³-hybridized carbons (Fsp3) is 0.429. The number of hydrogen-bond acceptors (Lipinski definition) is 6. The number of thiophene rings is 1. The summed E-state index contributed by atoms with van der Waals surface area (Å²) in [5.41, 5.74) is 1.04. The average Bonchev–Trinajstić information content (AvgIpc) is 3.47. The topological polar surface area (TPSA) is 96.0 Å². The summed E-state index contributed by atoms with van der Waals surface area (Å²) >= 11 is 1.13. The monoisotopic (exact) mass is 463 g/mol. The summed E-state index contributed by atoms with van der Waals surface area (Å²) in [6, 6.07) is 10.1. The summed E-state index contributed by atoms with van der Waals surface area (Å²) < 4.78 is 32.3. The van der Waals surface area contributed by atoms with Gasteiger partial charge in [0.2, 0.25) is 5.91 Å². The highest BCUT2D eigenvalue weighted by atomic mass is 32.2. The van der Waals surface area contributed by atoms with Gasteiger partial charge >= 0.3 is 0 Å². The van der Waals surface area contributed by atoms with E-state index < -0.39 is 10.0 Å². The van der Waals surface area contributed by atoms with Gasteiger partial charge in [-0.2, -0.15) is 4.31 Å². The normalized spacial score (nSPS) is 17.6. The Balaban J connectivity index is 1.38. The number of carbonyl (C=O) groups excluding carboxylic acids is 2. The van der Waals surface area contributed by atoms with Gasteiger partial charge in [0.05, 0.1) is 19.6 Å². The lowest BCUT2D eigenvalue weighted by Crippen LogP contribution is -2.40. The summed E-state index contributed by atoms with van der Waals surface area (Å²) in [6.45, 7) is 3.26. The van der Waals surface area contributed by atoms with Crippen LogP contribution in [0.15, 0.2) is 40.6 Å². The van der Waals surface area contributed by atoms with Crippen molar-refractivity contribution in [2.75, 3.05) is 44.7 Å². The smallest absolute Gasteiger partial charge is 0.254 e. The van der Waals surface area contributed by atoms with E-state index in [0.29, 0.717) is 55.5 Å². The standard InChI is InChI=1S/C21H25N3O5S2/c25-19(15-18-6-7-20(30-18)31(27,28)24-8-1-2-9-24)22-17-5-3-4-16(14-17)21(26)23-10-12-29-13-11-23/h3-7,14H,1-2,8-13,15H2,(H,22,25). The van der Waals surface area contributed by atoms with Gasteiger partial charge in [0.25, 0.3) is 15.9 Å². The fourth-order valence-electron chi connectivity index (χ4n) is 3.69. The third-order valence-electron chi connectivity index (χ3n) is 5.32. The van der Waals surface area contributed by atoms with Gasteiger partial charge in [-0.05, 0) is 43.2 Å². The number of nitrogens with zero attached hydrogens (tertiary/aromatic N) is 2. The minimum absolute atomic E-state index is 0.0713. The first-order valence-corrected chi connectivity index (χ1v) is 12.5. The zero-order valence-corrected chi connectivity index (χ0v) is 18.7. The van der Waals surface area contributed by atoms with Gasteiger partial charge in [-0.1, -0.05) is 6.07 Å². The van der Waals surface area contributed by atoms with E-state index in [9.17, 15) is 18.0 Å². The maximum atomic E-state index is 12.6. The molecule has 1 aromatic carbocycles. The number of rotatable bonds is 6. The molecule has 3 heterocycles. The molecule has 10 heteroatoms. The molecule has 2 fully saturated rings. The van der Waals surface area contributed by atoms with E-state index in [2.05, 4.69) is 5.32 Å². The molecule has 0 radical (unpaired) electrons. The highest BCUT2D eigenvalue weighted by molar-refractivity contribution is 7.91. The van der Waals surface area contributed by atoms with Crippen LogP contribution in [0.1, 0.15) is 28.1 Å². The van der Waals surface area contributed by atoms with Crippen LogP contribution in [-0.2, 0) is 26.0 Å². The minimum Gasteiger partial charge on any atom is -0.378 e. The zero-order valence-electron chi connectivity index (χ0n) is 17.1. The molecule has 31 heavy (non-hydrogen) atoms. The summed E-state index contributed by atoms with van der Waals surface area (Å²) in [6.07, 6.45) is 1.84. The second kappa shape index (κ2) is 9.47. The van der Waals surface area contributed by atoms with Crippen molar-refractivity contribution >= 4 is 38.9 Å². The van der Waals surface area contributed by atoms with Crippen LogP contribution in [0.25, 0.3) is 0 Å². The molecule has 0 bridgehead atoms. The molecule has 2 aliphatic heterocycles. The Morgan fingerprint density at radius 1 is 1.03 bits per heavy atom. The highest BCUT2D eigenvalue weighted by Gasteiger charge is 2.28. The van der Waals surface area contributed by atoms with Crippen molar-refractivity contribution in [2.24, 2.45) is 0 Å². The maximum Gasteiger partial charge on any atom is 0.254 e. The van der Waals surface area contributed by atoms with E-state index in [1.807, 2.05) is 0 Å². The predicted molar refractivity (Wildman–Crippen MR) is 118 cm³/mol. The number of benzene rings is 1. The van der Waals surface area contributed by atoms with Crippen molar-refractivity contribution in [1.29, 1.82) is 0 Å². The Morgan fingerprint density at radius 2 is 1.77 bits per heavy atom. The van der Waals surface area contributed by atoms with E-state index in [4.69, 9.17) is 4.74 Å². The third-order valence-corrected chi connectivity index (χ3v) is 8.77. The molecule has 2 amide bonds. The lowest BCUT2D eigenvalue weighted by atomic mass is 10.1. The Bertz CT molecular complexity index is 1050. The Hall–Kier alpha value is -2.27. The maximum absolute atomic E-state index is 12.6. The van der Waals surface area contributed by atoms with Crippen LogP contribution in [0, 0.1) is 0 Å². The number of ether oxygens (including phenoxy) is 1. The second-order valence-electron chi connectivity index (χ2n) is 7.54. The van der Waals surface area contributed by atoms with Gasteiger partial charge in [0.15, 0.2) is 0 Å². The first-order valence-electron chi connectivity index (χ1n) is 10.3. The Labute approximate surface area is 185 Å². The number of morpholine rings is 1. The summed E-state index contributed by atoms with van der Waals surface area (Å²) in [4.78, 5) is 27.5. The van der Waals surface area contributed by atoms with Gasteiger partial charge in [0.1, 0.15) is 4.21 Å². The van der Waals surface area contributed by atoms with Gasteiger partial charge in [-0.25, -0.2) is 8.42 Å². The molecule has 1 aromatic heterocycles. The molecule has 8 nitrogen and oxygen atoms in total. The number of anilines is 1. The average molecular weight is 464 g/mol. The van der Waals surface area contributed by atoms with Crippen LogP contribution >= 0.6 is 11.3 Å². The lowest BCUT2D eigenvalue weighted by Gasteiger charge is -2.27. The third kappa shape index (κ3) is 5.15. The van der Waals surface area contributed by atoms with Crippen LogP contribution in [0.5, 0.6) is 0 Å². The van der Waals surface area contributed by atoms with E-state index >= 15 is 0 Å². The first kappa shape index (κ1) is 21.9. The summed E-state index contributed by atoms with van der Waals surface area (Å²) in [5, 5.41) is 2.80. The van der Waals surface area contributed by atoms with Crippen molar-refractivity contribution in [3.63, 3.8) is 0 Å². The van der Waals surface area contributed by atoms with Gasteiger partial charge in [0, 0.05) is 42.3 Å². The van der Waals surface area contributed by atoms with Crippen LogP contribution in [0.2, 0.25) is 0 Å². The van der Waals surface area contributed by atoms with Crippen molar-refractivity contribution in [3.05, 3.63) is 46.8 Å². The molecule has 0 atom stereocenters. The number of sulfonamides is 1. The molecule has 2 saturated heterocycles. The van der Waals surface area contributed by atoms with Crippen LogP contribution in [-0.4, -0.2) is 68.8 Å². The first-order chi connectivity index (χ1) is 14.9. The zero-order chi connectivity index (χ0) is 21.8. The Morgan fingerprint density at radius 3 is 2.52 bits per heavy atom. The molecular formula is C21H25N3O5S2. The minimum atomic E-state index is -3.47. The van der Waals surface area contributed by atoms with Crippen LogP contribution in [0.4, 0.5) is 5.69 Å². The van der Waals surface area contributed by atoms with E-state index in [1.54, 1.807) is 41.3 Å². The number of amides is 2. The Kier molecular flexibility index (Phi) is 6.71. The molecule has 0 spiro atoms. The van der Waals surface area contributed by atoms with Crippen molar-refractivity contribution in [2.45, 2.75) is 23.5 Å². The van der Waals surface area contributed by atoms with Crippen LogP contribution < -0.4 is 5.32 Å². The molecule has 0 saturated carbocycles. The molecule has 0 aliphatic carbocycles. The van der Waals surface area contributed by atoms with Crippen LogP contribution in [0.3, 0.4) is 0 Å². The second-order valence-corrected chi connectivity index (χ2v) is 10.9. The molecule has 0 unspecified atom stereocenters. The van der Waals surface area contributed by atoms with Crippen molar-refractivity contribution < 1.29 is 22.7 Å². The van der Waals surface area contributed by atoms with E-state index in [0.717, 1.165) is 24.2 Å². The number of nitrogens with one attached hydrogen (secondary N) is 1. The largest absolute Gasteiger partial charge is 0.378 e. The van der Waals surface area contributed by atoms with Gasteiger partial charge in [-0.15, -0.1) is 11.3 Å². The van der Waals surface area contributed by atoms with Gasteiger partial charge in [-0.3, -0.25) is 9.59 Å². The molecule has 1 N–H and O–H groups in total. The van der Waals surface area contributed by atoms with Crippen molar-refractivity contribution in [3.8, 4) is 0 Å². The van der Waals surface area contributed by atoms with E-state index in [1.165, 1.54) is 4.31 Å². The molecule has 4 rings (SSSR count). The summed E-state index contributed by atoms with van der Waals surface area (Å²) in [7, 11) is -3.47.